The van der Waals surface area contributed by atoms with Crippen molar-refractivity contribution >= 4 is 17.8 Å². The monoisotopic (exact) mass is 347 g/mol. The molecule has 0 radical (unpaired) electrons. The Labute approximate surface area is 147 Å². The summed E-state index contributed by atoms with van der Waals surface area (Å²) in [7, 11) is 1.80. The second-order valence-corrected chi connectivity index (χ2v) is 6.56. The molecule has 0 atom stereocenters. The molecule has 2 N–H and O–H groups in total. The largest absolute Gasteiger partial charge is 0.386 e. The van der Waals surface area contributed by atoms with Gasteiger partial charge < -0.3 is 10.0 Å². The molecule has 7 heteroatoms. The number of nitrogens with one attached hydrogen (secondary N) is 2. The van der Waals surface area contributed by atoms with Crippen LogP contribution >= 0.6 is 12.1 Å². The van der Waals surface area contributed by atoms with Crippen molar-refractivity contribution in [3.05, 3.63) is 59.2 Å². The first-order valence-electron chi connectivity index (χ1n) is 7.99. The summed E-state index contributed by atoms with van der Waals surface area (Å²) >= 11 is 1.55. The van der Waals surface area contributed by atoms with Crippen molar-refractivity contribution in [3.63, 3.8) is 0 Å². The number of hydrogen-bond donors (Lipinski definition) is 2. The van der Waals surface area contributed by atoms with E-state index < -0.39 is 0 Å². The molecular formula is C17H25N5OS. The van der Waals surface area contributed by atoms with Crippen LogP contribution in [0.25, 0.3) is 0 Å². The highest BCUT2D eigenvalue weighted by atomic mass is 32.2. The van der Waals surface area contributed by atoms with E-state index in [9.17, 15) is 4.79 Å². The van der Waals surface area contributed by atoms with Crippen LogP contribution in [0, 0.1) is 6.92 Å². The molecule has 0 spiro atoms. The van der Waals surface area contributed by atoms with Crippen LogP contribution < -0.4 is 15.6 Å². The molecule has 130 valence electrons. The minimum absolute atomic E-state index is 0.00554. The van der Waals surface area contributed by atoms with Crippen LogP contribution in [-0.4, -0.2) is 34.2 Å². The van der Waals surface area contributed by atoms with Crippen LogP contribution in [0.4, 0.5) is 5.69 Å². The van der Waals surface area contributed by atoms with Gasteiger partial charge >= 0.3 is 0 Å². The summed E-state index contributed by atoms with van der Waals surface area (Å²) in [6.07, 6.45) is 8.97. The first-order valence-corrected chi connectivity index (χ1v) is 8.76. The number of rotatable bonds is 7. The van der Waals surface area contributed by atoms with Gasteiger partial charge in [0, 0.05) is 43.5 Å². The van der Waals surface area contributed by atoms with E-state index in [1.165, 1.54) is 0 Å². The molecule has 2 heterocycles. The Morgan fingerprint density at radius 2 is 2.17 bits per heavy atom. The van der Waals surface area contributed by atoms with Gasteiger partial charge in [0.2, 0.25) is 0 Å². The van der Waals surface area contributed by atoms with E-state index >= 15 is 0 Å². The zero-order valence-electron chi connectivity index (χ0n) is 14.3. The van der Waals surface area contributed by atoms with Crippen molar-refractivity contribution < 1.29 is 0 Å². The number of piperidine rings is 1. The Morgan fingerprint density at radius 3 is 2.79 bits per heavy atom. The fourth-order valence-electron chi connectivity index (χ4n) is 2.59. The first kappa shape index (κ1) is 18.4. The Hall–Kier alpha value is -1.99. The molecule has 6 nitrogen and oxygen atoms in total. The third-order valence-corrected chi connectivity index (χ3v) is 5.00. The third-order valence-electron chi connectivity index (χ3n) is 4.02. The molecular weight excluding hydrogens is 322 g/mol. The number of nitrogens with zero attached hydrogens (tertiary/aromatic N) is 3. The fraction of sp³-hybridized carbons (Fsp3) is 0.412. The second kappa shape index (κ2) is 8.75. The Kier molecular flexibility index (Phi) is 6.69. The Morgan fingerprint density at radius 1 is 1.46 bits per heavy atom. The molecule has 0 bridgehead atoms. The number of aromatic nitrogens is 2. The van der Waals surface area contributed by atoms with E-state index in [-0.39, 0.29) is 11.6 Å². The third kappa shape index (κ3) is 4.52. The van der Waals surface area contributed by atoms with Gasteiger partial charge in [-0.25, -0.2) is 8.99 Å². The second-order valence-electron chi connectivity index (χ2n) is 5.66. The number of allylic oxidation sites excluding steroid dienone is 3. The van der Waals surface area contributed by atoms with Gasteiger partial charge in [-0.15, -0.1) is 0 Å². The lowest BCUT2D eigenvalue weighted by atomic mass is 10.1. The standard InChI is InChI=1S/C17H25N5OS/c1-5-6-7-13(2)20-24-21-10-8-15(9-11-21)22-17(23)14(3)16(18-4)12-19-22/h5-7,12,15,18,20H,1-2,8-11H2,3-4H3/b7-6-. The highest BCUT2D eigenvalue weighted by molar-refractivity contribution is 7.95. The van der Waals surface area contributed by atoms with Crippen LogP contribution in [0.3, 0.4) is 0 Å². The summed E-state index contributed by atoms with van der Waals surface area (Å²) in [5, 5.41) is 7.33. The van der Waals surface area contributed by atoms with Gasteiger partial charge in [0.05, 0.1) is 17.9 Å². The van der Waals surface area contributed by atoms with E-state index in [1.807, 2.05) is 19.1 Å². The lowest BCUT2D eigenvalue weighted by molar-refractivity contribution is 0.268. The molecule has 1 aliphatic rings. The molecule has 1 aromatic rings. The van der Waals surface area contributed by atoms with Crippen LogP contribution in [-0.2, 0) is 0 Å². The average Bonchev–Trinajstić information content (AvgIpc) is 2.61. The lowest BCUT2D eigenvalue weighted by Crippen LogP contribution is -2.37. The molecule has 0 saturated carbocycles. The molecule has 0 unspecified atom stereocenters. The SMILES string of the molecule is C=C/C=C\C(=C)NSN1CCC(n2ncc(NC)c(C)c2=O)CC1. The van der Waals surface area contributed by atoms with Gasteiger partial charge in [-0.1, -0.05) is 25.3 Å². The molecule has 24 heavy (non-hydrogen) atoms. The van der Waals surface area contributed by atoms with Gasteiger partial charge in [0.15, 0.2) is 0 Å². The van der Waals surface area contributed by atoms with E-state index in [0.717, 1.165) is 42.9 Å². The van der Waals surface area contributed by atoms with E-state index in [4.69, 9.17) is 0 Å². The predicted molar refractivity (Wildman–Crippen MR) is 102 cm³/mol. The summed E-state index contributed by atoms with van der Waals surface area (Å²) in [6, 6.07) is 0.155. The quantitative estimate of drug-likeness (QED) is 0.584. The maximum atomic E-state index is 12.4. The topological polar surface area (TPSA) is 62.2 Å². The van der Waals surface area contributed by atoms with Crippen molar-refractivity contribution in [2.24, 2.45) is 0 Å². The zero-order valence-corrected chi connectivity index (χ0v) is 15.1. The molecule has 1 fully saturated rings. The van der Waals surface area contributed by atoms with Gasteiger partial charge in [0.25, 0.3) is 5.56 Å². The summed E-state index contributed by atoms with van der Waals surface area (Å²) in [5.41, 5.74) is 2.34. The molecule has 1 saturated heterocycles. The Bertz CT molecular complexity index is 674. The van der Waals surface area contributed by atoms with Crippen LogP contribution in [0.2, 0.25) is 0 Å². The molecule has 1 aromatic heterocycles. The average molecular weight is 347 g/mol. The fourth-order valence-corrected chi connectivity index (χ4v) is 3.30. The normalized spacial score (nSPS) is 16.2. The van der Waals surface area contributed by atoms with Crippen LogP contribution in [0.15, 0.2) is 48.1 Å². The maximum Gasteiger partial charge on any atom is 0.272 e. The van der Waals surface area contributed by atoms with Crippen molar-refractivity contribution in [3.8, 4) is 0 Å². The Balaban J connectivity index is 1.90. The van der Waals surface area contributed by atoms with Gasteiger partial charge in [-0.2, -0.15) is 5.10 Å². The minimum atomic E-state index is -0.00554. The smallest absolute Gasteiger partial charge is 0.272 e. The highest BCUT2D eigenvalue weighted by Crippen LogP contribution is 2.24. The molecule has 0 amide bonds. The summed E-state index contributed by atoms with van der Waals surface area (Å²) in [5.74, 6) is 0. The predicted octanol–water partition coefficient (Wildman–Crippen LogP) is 2.64. The van der Waals surface area contributed by atoms with Gasteiger partial charge in [-0.3, -0.25) is 4.79 Å². The zero-order chi connectivity index (χ0) is 17.5. The van der Waals surface area contributed by atoms with Crippen molar-refractivity contribution in [2.75, 3.05) is 25.5 Å². The number of anilines is 1. The van der Waals surface area contributed by atoms with Crippen molar-refractivity contribution in [1.82, 2.24) is 18.8 Å². The molecule has 0 aliphatic carbocycles. The van der Waals surface area contributed by atoms with E-state index in [1.54, 1.807) is 36.1 Å². The highest BCUT2D eigenvalue weighted by Gasteiger charge is 2.23. The van der Waals surface area contributed by atoms with Crippen molar-refractivity contribution in [2.45, 2.75) is 25.8 Å². The molecule has 2 rings (SSSR count). The number of hydrogen-bond acceptors (Lipinski definition) is 6. The van der Waals surface area contributed by atoms with Crippen LogP contribution in [0.5, 0.6) is 0 Å². The molecule has 0 aromatic carbocycles. The maximum absolute atomic E-state index is 12.4. The lowest BCUT2D eigenvalue weighted by Gasteiger charge is -2.31. The summed E-state index contributed by atoms with van der Waals surface area (Å²) < 4.78 is 7.07. The first-order chi connectivity index (χ1) is 11.6. The summed E-state index contributed by atoms with van der Waals surface area (Å²) in [6.45, 7) is 11.2. The van der Waals surface area contributed by atoms with Gasteiger partial charge in [-0.05, 0) is 25.8 Å². The summed E-state index contributed by atoms with van der Waals surface area (Å²) in [4.78, 5) is 12.4. The molecule has 1 aliphatic heterocycles. The van der Waals surface area contributed by atoms with E-state index in [0.29, 0.717) is 0 Å². The van der Waals surface area contributed by atoms with E-state index in [2.05, 4.69) is 32.6 Å². The van der Waals surface area contributed by atoms with Gasteiger partial charge in [0.1, 0.15) is 0 Å². The van der Waals surface area contributed by atoms with Crippen LogP contribution in [0.1, 0.15) is 24.4 Å². The minimum Gasteiger partial charge on any atom is -0.386 e. The van der Waals surface area contributed by atoms with Crippen molar-refractivity contribution in [1.29, 1.82) is 0 Å².